The molecule has 1 heterocycles. The van der Waals surface area contributed by atoms with Crippen LogP contribution in [0.15, 0.2) is 18.2 Å². The highest BCUT2D eigenvalue weighted by Crippen LogP contribution is 2.45. The van der Waals surface area contributed by atoms with Gasteiger partial charge in [-0.3, -0.25) is 0 Å². The van der Waals surface area contributed by atoms with Gasteiger partial charge in [-0.1, -0.05) is 24.4 Å². The lowest BCUT2D eigenvalue weighted by atomic mass is 9.80. The van der Waals surface area contributed by atoms with Crippen molar-refractivity contribution in [3.8, 4) is 0 Å². The molecule has 1 saturated heterocycles. The Kier molecular flexibility index (Phi) is 4.60. The first-order valence-electron chi connectivity index (χ1n) is 7.37. The highest BCUT2D eigenvalue weighted by atomic mass is 127. The Balaban J connectivity index is 1.79. The summed E-state index contributed by atoms with van der Waals surface area (Å²) in [6.07, 6.45) is 6.32. The number of benzene rings is 1. The summed E-state index contributed by atoms with van der Waals surface area (Å²) in [5.74, 6) is 0.286. The predicted molar refractivity (Wildman–Crippen MR) is 89.0 cm³/mol. The highest BCUT2D eigenvalue weighted by molar-refractivity contribution is 14.1. The molecule has 4 heteroatoms. The molecule has 3 rings (SSSR count). The predicted octanol–water partition coefficient (Wildman–Crippen LogP) is 4.72. The topological polar surface area (TPSA) is 29.5 Å². The van der Waals surface area contributed by atoms with Crippen molar-refractivity contribution < 1.29 is 9.84 Å². The standard InChI is InChI=1S/C16H20ClIO2/c17-12-3-4-14(18)13(9-12)15(19)11-5-8-20-16(10-11)6-1-2-7-16/h3-4,9,11,15,19H,1-2,5-8,10H2. The van der Waals surface area contributed by atoms with E-state index in [9.17, 15) is 5.11 Å². The number of hydrogen-bond donors (Lipinski definition) is 1. The van der Waals surface area contributed by atoms with Crippen LogP contribution in [0.25, 0.3) is 0 Å². The molecule has 0 bridgehead atoms. The second kappa shape index (κ2) is 6.11. The zero-order valence-electron chi connectivity index (χ0n) is 11.4. The van der Waals surface area contributed by atoms with E-state index in [1.54, 1.807) is 0 Å². The minimum atomic E-state index is -0.429. The van der Waals surface area contributed by atoms with Gasteiger partial charge in [0.25, 0.3) is 0 Å². The molecule has 0 radical (unpaired) electrons. The van der Waals surface area contributed by atoms with Gasteiger partial charge in [0, 0.05) is 15.2 Å². The van der Waals surface area contributed by atoms with Crippen LogP contribution in [0.4, 0.5) is 0 Å². The molecule has 0 amide bonds. The third-order valence-electron chi connectivity index (χ3n) is 4.77. The highest BCUT2D eigenvalue weighted by Gasteiger charge is 2.42. The maximum absolute atomic E-state index is 10.8. The second-order valence-corrected chi connectivity index (χ2v) is 7.70. The quantitative estimate of drug-likeness (QED) is 0.720. The Morgan fingerprint density at radius 3 is 2.85 bits per heavy atom. The van der Waals surface area contributed by atoms with E-state index in [1.165, 1.54) is 12.8 Å². The molecular formula is C16H20ClIO2. The molecule has 1 aromatic carbocycles. The van der Waals surface area contributed by atoms with Crippen molar-refractivity contribution >= 4 is 34.2 Å². The fourth-order valence-corrected chi connectivity index (χ4v) is 4.53. The maximum atomic E-state index is 10.8. The van der Waals surface area contributed by atoms with E-state index in [-0.39, 0.29) is 11.5 Å². The molecule has 1 aromatic rings. The molecular weight excluding hydrogens is 387 g/mol. The Bertz CT molecular complexity index is 485. The third-order valence-corrected chi connectivity index (χ3v) is 5.99. The number of hydrogen-bond acceptors (Lipinski definition) is 2. The number of rotatable bonds is 2. The fraction of sp³-hybridized carbons (Fsp3) is 0.625. The average molecular weight is 407 g/mol. The van der Waals surface area contributed by atoms with Gasteiger partial charge < -0.3 is 9.84 Å². The first-order chi connectivity index (χ1) is 9.60. The van der Waals surface area contributed by atoms with E-state index in [4.69, 9.17) is 16.3 Å². The lowest BCUT2D eigenvalue weighted by Gasteiger charge is -2.40. The van der Waals surface area contributed by atoms with Gasteiger partial charge in [0.1, 0.15) is 0 Å². The van der Waals surface area contributed by atoms with Crippen molar-refractivity contribution in [2.45, 2.75) is 50.2 Å². The molecule has 1 aliphatic heterocycles. The van der Waals surface area contributed by atoms with Crippen molar-refractivity contribution in [1.82, 2.24) is 0 Å². The van der Waals surface area contributed by atoms with Gasteiger partial charge >= 0.3 is 0 Å². The molecule has 1 aliphatic carbocycles. The van der Waals surface area contributed by atoms with Crippen LogP contribution in [0.2, 0.25) is 5.02 Å². The molecule has 2 fully saturated rings. The summed E-state index contributed by atoms with van der Waals surface area (Å²) in [5, 5.41) is 11.5. The van der Waals surface area contributed by atoms with Crippen molar-refractivity contribution in [2.75, 3.05) is 6.61 Å². The van der Waals surface area contributed by atoms with E-state index >= 15 is 0 Å². The summed E-state index contributed by atoms with van der Waals surface area (Å²) in [4.78, 5) is 0. The normalized spacial score (nSPS) is 26.9. The Morgan fingerprint density at radius 2 is 2.10 bits per heavy atom. The van der Waals surface area contributed by atoms with Crippen LogP contribution in [0, 0.1) is 9.49 Å². The van der Waals surface area contributed by atoms with Crippen LogP contribution in [0.5, 0.6) is 0 Å². The van der Waals surface area contributed by atoms with E-state index < -0.39 is 6.10 Å². The molecule has 2 nitrogen and oxygen atoms in total. The fourth-order valence-electron chi connectivity index (χ4n) is 3.70. The van der Waals surface area contributed by atoms with Crippen LogP contribution in [-0.2, 0) is 4.74 Å². The Hall–Kier alpha value is 0.160. The molecule has 2 unspecified atom stereocenters. The Morgan fingerprint density at radius 1 is 1.35 bits per heavy atom. The van der Waals surface area contributed by atoms with Gasteiger partial charge in [-0.05, 0) is 78.0 Å². The third kappa shape index (κ3) is 3.01. The molecule has 1 N–H and O–H groups in total. The van der Waals surface area contributed by atoms with Crippen molar-refractivity contribution in [3.63, 3.8) is 0 Å². The molecule has 1 saturated carbocycles. The molecule has 2 aliphatic rings. The van der Waals surface area contributed by atoms with Gasteiger partial charge in [-0.25, -0.2) is 0 Å². The number of aliphatic hydroxyl groups is 1. The van der Waals surface area contributed by atoms with Crippen LogP contribution in [0.1, 0.15) is 50.2 Å². The maximum Gasteiger partial charge on any atom is 0.0830 e. The first kappa shape index (κ1) is 15.1. The van der Waals surface area contributed by atoms with Crippen LogP contribution < -0.4 is 0 Å². The summed E-state index contributed by atoms with van der Waals surface area (Å²) < 4.78 is 7.15. The summed E-state index contributed by atoms with van der Waals surface area (Å²) in [5.41, 5.74) is 1.02. The van der Waals surface area contributed by atoms with Gasteiger partial charge in [0.2, 0.25) is 0 Å². The van der Waals surface area contributed by atoms with E-state index in [2.05, 4.69) is 22.6 Å². The zero-order chi connectivity index (χ0) is 14.2. The number of ether oxygens (including phenoxy) is 1. The minimum absolute atomic E-state index is 0.0495. The van der Waals surface area contributed by atoms with E-state index in [1.807, 2.05) is 18.2 Å². The smallest absolute Gasteiger partial charge is 0.0830 e. The van der Waals surface area contributed by atoms with Crippen molar-refractivity contribution in [3.05, 3.63) is 32.4 Å². The van der Waals surface area contributed by atoms with Crippen molar-refractivity contribution in [1.29, 1.82) is 0 Å². The Labute approximate surface area is 139 Å². The SMILES string of the molecule is OC(c1cc(Cl)ccc1I)C1CCOC2(CCCC2)C1. The molecule has 110 valence electrons. The summed E-state index contributed by atoms with van der Waals surface area (Å²) in [6, 6.07) is 5.76. The van der Waals surface area contributed by atoms with Gasteiger partial charge in [-0.2, -0.15) is 0 Å². The summed E-state index contributed by atoms with van der Waals surface area (Å²) >= 11 is 8.36. The van der Waals surface area contributed by atoms with Gasteiger partial charge in [0.15, 0.2) is 0 Å². The van der Waals surface area contributed by atoms with Crippen molar-refractivity contribution in [2.24, 2.45) is 5.92 Å². The lowest BCUT2D eigenvalue weighted by molar-refractivity contribution is -0.113. The summed E-state index contributed by atoms with van der Waals surface area (Å²) in [6.45, 7) is 0.777. The zero-order valence-corrected chi connectivity index (χ0v) is 14.4. The average Bonchev–Trinajstić information content (AvgIpc) is 2.88. The summed E-state index contributed by atoms with van der Waals surface area (Å²) in [7, 11) is 0. The van der Waals surface area contributed by atoms with Crippen LogP contribution >= 0.6 is 34.2 Å². The largest absolute Gasteiger partial charge is 0.388 e. The number of aliphatic hydroxyl groups excluding tert-OH is 1. The second-order valence-electron chi connectivity index (χ2n) is 6.10. The molecule has 20 heavy (non-hydrogen) atoms. The first-order valence-corrected chi connectivity index (χ1v) is 8.82. The molecule has 2 atom stereocenters. The van der Waals surface area contributed by atoms with Crippen LogP contribution in [0.3, 0.4) is 0 Å². The minimum Gasteiger partial charge on any atom is -0.388 e. The van der Waals surface area contributed by atoms with Gasteiger partial charge in [0.05, 0.1) is 11.7 Å². The molecule has 0 aromatic heterocycles. The lowest BCUT2D eigenvalue weighted by Crippen LogP contribution is -2.39. The van der Waals surface area contributed by atoms with Gasteiger partial charge in [-0.15, -0.1) is 0 Å². The number of halogens is 2. The van der Waals surface area contributed by atoms with E-state index in [0.717, 1.165) is 41.4 Å². The van der Waals surface area contributed by atoms with Crippen LogP contribution in [-0.4, -0.2) is 17.3 Å². The van der Waals surface area contributed by atoms with E-state index in [0.29, 0.717) is 5.02 Å². The monoisotopic (exact) mass is 406 g/mol. The molecule has 1 spiro atoms.